The van der Waals surface area contributed by atoms with Crippen molar-refractivity contribution in [3.05, 3.63) is 53.1 Å². The van der Waals surface area contributed by atoms with Crippen LogP contribution in [0.2, 0.25) is 5.02 Å². The van der Waals surface area contributed by atoms with Crippen LogP contribution in [0.4, 0.5) is 16.2 Å². The van der Waals surface area contributed by atoms with Crippen LogP contribution in [0.25, 0.3) is 0 Å². The van der Waals surface area contributed by atoms with Gasteiger partial charge in [-0.25, -0.2) is 9.59 Å². The van der Waals surface area contributed by atoms with Gasteiger partial charge >= 0.3 is 12.1 Å². The second kappa shape index (κ2) is 9.98. The van der Waals surface area contributed by atoms with Crippen LogP contribution in [0.1, 0.15) is 31.1 Å². The standard InChI is InChI=1S/C21H23ClN2O6/c1-21(2,3)30-20(27)23-15-7-5-6-13(10-15)19(26)29-12-18(25)24-16-11-14(22)8-9-17(16)28-4/h5-11H,12H2,1-4H3,(H,23,27)(H,24,25). The van der Waals surface area contributed by atoms with Crippen LogP contribution >= 0.6 is 11.6 Å². The second-order valence-electron chi connectivity index (χ2n) is 7.18. The molecule has 2 N–H and O–H groups in total. The predicted octanol–water partition coefficient (Wildman–Crippen LogP) is 4.49. The average Bonchev–Trinajstić information content (AvgIpc) is 2.65. The molecule has 0 aromatic heterocycles. The predicted molar refractivity (Wildman–Crippen MR) is 113 cm³/mol. The number of halogens is 1. The molecule has 0 aliphatic heterocycles. The highest BCUT2D eigenvalue weighted by Crippen LogP contribution is 2.27. The number of hydrogen-bond donors (Lipinski definition) is 2. The van der Waals surface area contributed by atoms with E-state index in [1.165, 1.54) is 25.3 Å². The zero-order valence-electron chi connectivity index (χ0n) is 17.1. The number of amides is 2. The number of anilines is 2. The second-order valence-corrected chi connectivity index (χ2v) is 7.61. The quantitative estimate of drug-likeness (QED) is 0.649. The van der Waals surface area contributed by atoms with Crippen LogP contribution < -0.4 is 15.4 Å². The fourth-order valence-electron chi connectivity index (χ4n) is 2.32. The molecule has 0 spiro atoms. The van der Waals surface area contributed by atoms with Gasteiger partial charge in [-0.3, -0.25) is 10.1 Å². The zero-order valence-corrected chi connectivity index (χ0v) is 17.8. The molecule has 2 rings (SSSR count). The Balaban J connectivity index is 1.94. The van der Waals surface area contributed by atoms with Gasteiger partial charge in [-0.05, 0) is 57.2 Å². The summed E-state index contributed by atoms with van der Waals surface area (Å²) in [6.45, 7) is 4.71. The number of carbonyl (C=O) groups is 3. The molecule has 0 bridgehead atoms. The zero-order chi connectivity index (χ0) is 22.3. The van der Waals surface area contributed by atoms with Gasteiger partial charge in [0, 0.05) is 10.7 Å². The SMILES string of the molecule is COc1ccc(Cl)cc1NC(=O)COC(=O)c1cccc(NC(=O)OC(C)(C)C)c1. The first-order chi connectivity index (χ1) is 14.1. The monoisotopic (exact) mass is 434 g/mol. The van der Waals surface area contributed by atoms with E-state index in [-0.39, 0.29) is 5.56 Å². The van der Waals surface area contributed by atoms with Crippen molar-refractivity contribution >= 4 is 40.9 Å². The molecule has 0 saturated heterocycles. The summed E-state index contributed by atoms with van der Waals surface area (Å²) in [5.41, 5.74) is 0.220. The Hall–Kier alpha value is -3.26. The van der Waals surface area contributed by atoms with Crippen LogP contribution in [0, 0.1) is 0 Å². The maximum Gasteiger partial charge on any atom is 0.412 e. The first-order valence-corrected chi connectivity index (χ1v) is 9.36. The van der Waals surface area contributed by atoms with Crippen molar-refractivity contribution in [3.8, 4) is 5.75 Å². The fraction of sp³-hybridized carbons (Fsp3) is 0.286. The summed E-state index contributed by atoms with van der Waals surface area (Å²) in [7, 11) is 1.46. The summed E-state index contributed by atoms with van der Waals surface area (Å²) in [6.07, 6.45) is -0.650. The van der Waals surface area contributed by atoms with Gasteiger partial charge in [-0.1, -0.05) is 17.7 Å². The molecule has 0 atom stereocenters. The molecular formula is C21H23ClN2O6. The lowest BCUT2D eigenvalue weighted by Crippen LogP contribution is -2.27. The Morgan fingerprint density at radius 1 is 1.03 bits per heavy atom. The summed E-state index contributed by atoms with van der Waals surface area (Å²) in [5.74, 6) is -0.872. The first kappa shape index (κ1) is 23.0. The third-order valence-corrected chi connectivity index (χ3v) is 3.75. The summed E-state index contributed by atoms with van der Waals surface area (Å²) in [4.78, 5) is 36.2. The molecule has 2 aromatic carbocycles. The van der Waals surface area contributed by atoms with Crippen molar-refractivity contribution in [2.45, 2.75) is 26.4 Å². The highest BCUT2D eigenvalue weighted by molar-refractivity contribution is 6.31. The molecular weight excluding hydrogens is 412 g/mol. The van der Waals surface area contributed by atoms with Gasteiger partial charge in [0.05, 0.1) is 18.4 Å². The summed E-state index contributed by atoms with van der Waals surface area (Å²) in [5, 5.41) is 5.52. The molecule has 0 unspecified atom stereocenters. The number of rotatable bonds is 6. The Morgan fingerprint density at radius 2 is 1.77 bits per heavy atom. The highest BCUT2D eigenvalue weighted by atomic mass is 35.5. The minimum absolute atomic E-state index is 0.164. The van der Waals surface area contributed by atoms with Crippen molar-refractivity contribution in [3.63, 3.8) is 0 Å². The van der Waals surface area contributed by atoms with Crippen molar-refractivity contribution in [1.29, 1.82) is 0 Å². The molecule has 0 heterocycles. The molecule has 0 aliphatic carbocycles. The number of esters is 1. The third-order valence-electron chi connectivity index (χ3n) is 3.51. The average molecular weight is 435 g/mol. The van der Waals surface area contributed by atoms with Crippen molar-refractivity contribution in [1.82, 2.24) is 0 Å². The van der Waals surface area contributed by atoms with E-state index in [1.54, 1.807) is 45.0 Å². The van der Waals surface area contributed by atoms with Gasteiger partial charge in [0.25, 0.3) is 5.91 Å². The molecule has 160 valence electrons. The molecule has 0 aliphatic rings. The smallest absolute Gasteiger partial charge is 0.412 e. The van der Waals surface area contributed by atoms with E-state index in [0.717, 1.165) is 0 Å². The van der Waals surface area contributed by atoms with E-state index in [2.05, 4.69) is 10.6 Å². The number of carbonyl (C=O) groups excluding carboxylic acids is 3. The lowest BCUT2D eigenvalue weighted by atomic mass is 10.2. The molecule has 2 amide bonds. The maximum atomic E-state index is 12.3. The number of ether oxygens (including phenoxy) is 3. The Labute approximate surface area is 179 Å². The summed E-state index contributed by atoms with van der Waals surface area (Å²) >= 11 is 5.92. The normalized spacial score (nSPS) is 10.7. The fourth-order valence-corrected chi connectivity index (χ4v) is 2.50. The molecule has 2 aromatic rings. The van der Waals surface area contributed by atoms with Crippen LogP contribution in [0.3, 0.4) is 0 Å². The van der Waals surface area contributed by atoms with Crippen LogP contribution in [0.5, 0.6) is 5.75 Å². The van der Waals surface area contributed by atoms with E-state index in [9.17, 15) is 14.4 Å². The lowest BCUT2D eigenvalue weighted by molar-refractivity contribution is -0.119. The Bertz CT molecular complexity index is 939. The van der Waals surface area contributed by atoms with E-state index >= 15 is 0 Å². The lowest BCUT2D eigenvalue weighted by Gasteiger charge is -2.19. The minimum Gasteiger partial charge on any atom is -0.495 e. The molecule has 0 saturated carbocycles. The number of methoxy groups -OCH3 is 1. The first-order valence-electron chi connectivity index (χ1n) is 8.98. The summed E-state index contributed by atoms with van der Waals surface area (Å²) < 4.78 is 15.3. The Kier molecular flexibility index (Phi) is 7.66. The van der Waals surface area contributed by atoms with Crippen molar-refractivity contribution < 1.29 is 28.6 Å². The topological polar surface area (TPSA) is 103 Å². The van der Waals surface area contributed by atoms with Gasteiger partial charge in [0.15, 0.2) is 6.61 Å². The largest absolute Gasteiger partial charge is 0.495 e. The van der Waals surface area contributed by atoms with E-state index in [1.807, 2.05) is 0 Å². The van der Waals surface area contributed by atoms with E-state index in [0.29, 0.717) is 22.1 Å². The van der Waals surface area contributed by atoms with Crippen molar-refractivity contribution in [2.75, 3.05) is 24.4 Å². The van der Waals surface area contributed by atoms with Gasteiger partial charge in [0.1, 0.15) is 11.4 Å². The molecule has 0 radical (unpaired) electrons. The van der Waals surface area contributed by atoms with Crippen LogP contribution in [-0.4, -0.2) is 37.3 Å². The number of hydrogen-bond acceptors (Lipinski definition) is 6. The molecule has 0 fully saturated rings. The highest BCUT2D eigenvalue weighted by Gasteiger charge is 2.17. The minimum atomic E-state index is -0.726. The van der Waals surface area contributed by atoms with E-state index in [4.69, 9.17) is 25.8 Å². The number of nitrogens with one attached hydrogen (secondary N) is 2. The van der Waals surface area contributed by atoms with Crippen LogP contribution in [-0.2, 0) is 14.3 Å². The molecule has 8 nitrogen and oxygen atoms in total. The van der Waals surface area contributed by atoms with Crippen molar-refractivity contribution in [2.24, 2.45) is 0 Å². The van der Waals surface area contributed by atoms with Gasteiger partial charge in [-0.2, -0.15) is 0 Å². The van der Waals surface area contributed by atoms with Gasteiger partial charge in [-0.15, -0.1) is 0 Å². The van der Waals surface area contributed by atoms with Gasteiger partial charge in [0.2, 0.25) is 0 Å². The Morgan fingerprint density at radius 3 is 2.43 bits per heavy atom. The van der Waals surface area contributed by atoms with Gasteiger partial charge < -0.3 is 19.5 Å². The maximum absolute atomic E-state index is 12.3. The van der Waals surface area contributed by atoms with Crippen LogP contribution in [0.15, 0.2) is 42.5 Å². The third kappa shape index (κ3) is 7.29. The molecule has 30 heavy (non-hydrogen) atoms. The summed E-state index contributed by atoms with van der Waals surface area (Å²) in [6, 6.07) is 10.8. The number of benzene rings is 2. The molecule has 9 heteroatoms. The van der Waals surface area contributed by atoms with E-state index < -0.39 is 30.2 Å².